The fourth-order valence-corrected chi connectivity index (χ4v) is 3.67. The number of nitrogens with zero attached hydrogens (tertiary/aromatic N) is 1. The predicted molar refractivity (Wildman–Crippen MR) is 104 cm³/mol. The van der Waals surface area contributed by atoms with Gasteiger partial charge in [0.1, 0.15) is 0 Å². The summed E-state index contributed by atoms with van der Waals surface area (Å²) in [6.45, 7) is 0. The molecule has 0 spiro atoms. The highest BCUT2D eigenvalue weighted by molar-refractivity contribution is 7.89. The molecular formula is C19H16N4O3S. The number of nitrogens with one attached hydrogen (secondary N) is 3. The molecule has 4 aromatic rings. The molecule has 0 atom stereocenters. The van der Waals surface area contributed by atoms with Crippen molar-refractivity contribution in [3.8, 4) is 22.5 Å². The van der Waals surface area contributed by atoms with Gasteiger partial charge in [0.2, 0.25) is 10.0 Å². The summed E-state index contributed by atoms with van der Waals surface area (Å²) >= 11 is 0. The van der Waals surface area contributed by atoms with Crippen LogP contribution in [-0.2, 0) is 10.0 Å². The van der Waals surface area contributed by atoms with Crippen molar-refractivity contribution in [2.45, 2.75) is 4.90 Å². The van der Waals surface area contributed by atoms with E-state index in [-0.39, 0.29) is 10.5 Å². The van der Waals surface area contributed by atoms with E-state index in [1.807, 2.05) is 30.3 Å². The third-order valence-electron chi connectivity index (χ3n) is 4.35. The van der Waals surface area contributed by atoms with Crippen LogP contribution >= 0.6 is 0 Å². The third kappa shape index (κ3) is 3.05. The first-order valence-corrected chi connectivity index (χ1v) is 9.69. The van der Waals surface area contributed by atoms with Crippen LogP contribution in [0.3, 0.4) is 0 Å². The molecule has 4 rings (SSSR count). The first-order chi connectivity index (χ1) is 13.0. The molecule has 8 heteroatoms. The maximum Gasteiger partial charge on any atom is 0.274 e. The van der Waals surface area contributed by atoms with Crippen molar-refractivity contribution < 1.29 is 8.42 Å². The van der Waals surface area contributed by atoms with Crippen LogP contribution in [0.1, 0.15) is 0 Å². The fraction of sp³-hybridized carbons (Fsp3) is 0.0526. The van der Waals surface area contributed by atoms with Crippen molar-refractivity contribution in [2.24, 2.45) is 0 Å². The lowest BCUT2D eigenvalue weighted by molar-refractivity contribution is 0.588. The van der Waals surface area contributed by atoms with Crippen LogP contribution in [0.4, 0.5) is 0 Å². The average Bonchev–Trinajstić information content (AvgIpc) is 3.09. The average molecular weight is 380 g/mol. The molecule has 2 aromatic heterocycles. The van der Waals surface area contributed by atoms with E-state index in [0.717, 1.165) is 10.9 Å². The van der Waals surface area contributed by atoms with Gasteiger partial charge in [0.25, 0.3) is 5.56 Å². The molecule has 3 N–H and O–H groups in total. The zero-order valence-corrected chi connectivity index (χ0v) is 15.2. The number of sulfonamides is 1. The fourth-order valence-electron chi connectivity index (χ4n) is 2.94. The monoisotopic (exact) mass is 380 g/mol. The Hall–Kier alpha value is -3.23. The zero-order chi connectivity index (χ0) is 19.0. The highest BCUT2D eigenvalue weighted by Crippen LogP contribution is 2.28. The van der Waals surface area contributed by atoms with E-state index in [0.29, 0.717) is 22.5 Å². The van der Waals surface area contributed by atoms with Crippen molar-refractivity contribution >= 4 is 20.9 Å². The second-order valence-corrected chi connectivity index (χ2v) is 7.84. The van der Waals surface area contributed by atoms with Gasteiger partial charge in [-0.15, -0.1) is 0 Å². The molecule has 0 fully saturated rings. The minimum Gasteiger partial charge on any atom is -0.297 e. The Morgan fingerprint density at radius 1 is 0.926 bits per heavy atom. The van der Waals surface area contributed by atoms with Crippen LogP contribution < -0.4 is 10.3 Å². The van der Waals surface area contributed by atoms with E-state index in [9.17, 15) is 13.2 Å². The molecule has 2 aromatic carbocycles. The van der Waals surface area contributed by atoms with E-state index >= 15 is 0 Å². The Morgan fingerprint density at radius 2 is 1.67 bits per heavy atom. The molecule has 7 nitrogen and oxygen atoms in total. The summed E-state index contributed by atoms with van der Waals surface area (Å²) in [5, 5.41) is 6.44. The molecule has 2 heterocycles. The third-order valence-corrected chi connectivity index (χ3v) is 5.78. The molecule has 0 amide bonds. The second-order valence-electron chi connectivity index (χ2n) is 5.95. The smallest absolute Gasteiger partial charge is 0.274 e. The summed E-state index contributed by atoms with van der Waals surface area (Å²) in [5.74, 6) is 0. The zero-order valence-electron chi connectivity index (χ0n) is 14.4. The predicted octanol–water partition coefficient (Wildman–Crippen LogP) is 2.49. The van der Waals surface area contributed by atoms with Gasteiger partial charge in [0.05, 0.1) is 27.4 Å². The first kappa shape index (κ1) is 17.2. The van der Waals surface area contributed by atoms with E-state index in [1.165, 1.54) is 19.2 Å². The van der Waals surface area contributed by atoms with E-state index in [1.54, 1.807) is 18.2 Å². The molecule has 0 aliphatic rings. The minimum atomic E-state index is -3.52. The Balaban J connectivity index is 1.83. The summed E-state index contributed by atoms with van der Waals surface area (Å²) < 4.78 is 26.0. The number of pyridine rings is 1. The van der Waals surface area contributed by atoms with Crippen molar-refractivity contribution in [1.29, 1.82) is 0 Å². The molecule has 0 aliphatic carbocycles. The molecule has 0 aliphatic heterocycles. The number of fused-ring (bicyclic) bond motifs is 1. The number of aromatic amines is 2. The van der Waals surface area contributed by atoms with Gasteiger partial charge in [-0.05, 0) is 31.3 Å². The summed E-state index contributed by atoms with van der Waals surface area (Å²) in [6.07, 6.45) is 0. The lowest BCUT2D eigenvalue weighted by atomic mass is 10.0. The Bertz CT molecular complexity index is 1290. The number of hydrogen-bond donors (Lipinski definition) is 3. The molecule has 136 valence electrons. The van der Waals surface area contributed by atoms with Crippen LogP contribution in [0.15, 0.2) is 70.4 Å². The summed E-state index contributed by atoms with van der Waals surface area (Å²) in [7, 11) is -2.16. The van der Waals surface area contributed by atoms with Crippen LogP contribution in [0, 0.1) is 0 Å². The topological polar surface area (TPSA) is 108 Å². The van der Waals surface area contributed by atoms with E-state index < -0.39 is 10.0 Å². The molecule has 0 unspecified atom stereocenters. The Kier molecular flexibility index (Phi) is 4.14. The largest absolute Gasteiger partial charge is 0.297 e. The molecule has 0 bridgehead atoms. The van der Waals surface area contributed by atoms with Gasteiger partial charge in [0, 0.05) is 10.9 Å². The summed E-state index contributed by atoms with van der Waals surface area (Å²) in [6, 6.07) is 17.6. The minimum absolute atomic E-state index is 0.150. The number of H-pyrrole nitrogens is 2. The van der Waals surface area contributed by atoms with Gasteiger partial charge in [-0.3, -0.25) is 15.0 Å². The normalized spacial score (nSPS) is 11.7. The number of benzene rings is 2. The van der Waals surface area contributed by atoms with Gasteiger partial charge in [-0.25, -0.2) is 18.1 Å². The highest BCUT2D eigenvalue weighted by atomic mass is 32.2. The highest BCUT2D eigenvalue weighted by Gasteiger charge is 2.17. The number of para-hydroxylation sites is 1. The van der Waals surface area contributed by atoms with E-state index in [4.69, 9.17) is 0 Å². The molecule has 0 saturated heterocycles. The molecule has 0 radical (unpaired) electrons. The first-order valence-electron chi connectivity index (χ1n) is 8.20. The molecule has 27 heavy (non-hydrogen) atoms. The lowest BCUT2D eigenvalue weighted by Gasteiger charge is -2.06. The summed E-state index contributed by atoms with van der Waals surface area (Å²) in [5.41, 5.74) is 2.67. The van der Waals surface area contributed by atoms with Crippen LogP contribution in [0.5, 0.6) is 0 Å². The van der Waals surface area contributed by atoms with Gasteiger partial charge in [0.15, 0.2) is 0 Å². The van der Waals surface area contributed by atoms with Crippen molar-refractivity contribution in [1.82, 2.24) is 19.9 Å². The summed E-state index contributed by atoms with van der Waals surface area (Å²) in [4.78, 5) is 17.1. The second kappa shape index (κ2) is 6.49. The van der Waals surface area contributed by atoms with Gasteiger partial charge >= 0.3 is 0 Å². The SMILES string of the molecule is CNS(=O)(=O)c1ccc(-c2[nH][nH]c(=O)c2-c2ccc3ccccc3n2)cc1. The Morgan fingerprint density at radius 3 is 2.41 bits per heavy atom. The lowest BCUT2D eigenvalue weighted by Crippen LogP contribution is -2.18. The quantitative estimate of drug-likeness (QED) is 0.505. The van der Waals surface area contributed by atoms with Crippen LogP contribution in [0.25, 0.3) is 33.4 Å². The Labute approximate surface area is 155 Å². The molecule has 0 saturated carbocycles. The number of hydrogen-bond acceptors (Lipinski definition) is 4. The van der Waals surface area contributed by atoms with E-state index in [2.05, 4.69) is 19.9 Å². The standard InChI is InChI=1S/C19H16N4O3S/c1-20-27(25,26)14-9-6-13(7-10-14)18-17(19(24)23-22-18)16-11-8-12-4-2-3-5-15(12)21-16/h2-11,20H,1H3,(H2,22,23,24). The van der Waals surface area contributed by atoms with Crippen molar-refractivity contribution in [2.75, 3.05) is 7.05 Å². The van der Waals surface area contributed by atoms with Gasteiger partial charge in [-0.1, -0.05) is 36.4 Å². The van der Waals surface area contributed by atoms with Crippen molar-refractivity contribution in [3.05, 3.63) is 71.0 Å². The number of rotatable bonds is 4. The number of aromatic nitrogens is 3. The van der Waals surface area contributed by atoms with Crippen LogP contribution in [-0.4, -0.2) is 30.6 Å². The van der Waals surface area contributed by atoms with Gasteiger partial charge < -0.3 is 0 Å². The van der Waals surface area contributed by atoms with Crippen molar-refractivity contribution in [3.63, 3.8) is 0 Å². The maximum atomic E-state index is 12.4. The maximum absolute atomic E-state index is 12.4. The van der Waals surface area contributed by atoms with Crippen LogP contribution in [0.2, 0.25) is 0 Å². The molecular weight excluding hydrogens is 364 g/mol. The van der Waals surface area contributed by atoms with Gasteiger partial charge in [-0.2, -0.15) is 0 Å².